The summed E-state index contributed by atoms with van der Waals surface area (Å²) in [5.74, 6) is -0.00855. The quantitative estimate of drug-likeness (QED) is 0.883. The lowest BCUT2D eigenvalue weighted by Gasteiger charge is -2.18. The molecule has 0 bridgehead atoms. The normalized spacial score (nSPS) is 22.1. The van der Waals surface area contributed by atoms with E-state index in [0.29, 0.717) is 31.0 Å². The Bertz CT molecular complexity index is 702. The number of nitrogens with zero attached hydrogens (tertiary/aromatic N) is 2. The molecular weight excluding hydrogens is 302 g/mol. The summed E-state index contributed by atoms with van der Waals surface area (Å²) in [7, 11) is -1.60. The summed E-state index contributed by atoms with van der Waals surface area (Å²) in [4.78, 5) is 13.6. The van der Waals surface area contributed by atoms with Crippen molar-refractivity contribution in [2.75, 3.05) is 31.6 Å². The van der Waals surface area contributed by atoms with Gasteiger partial charge in [-0.15, -0.1) is 0 Å². The van der Waals surface area contributed by atoms with Gasteiger partial charge in [0.05, 0.1) is 4.90 Å². The van der Waals surface area contributed by atoms with E-state index in [2.05, 4.69) is 5.32 Å². The summed E-state index contributed by atoms with van der Waals surface area (Å²) in [6, 6.07) is 5.31. The van der Waals surface area contributed by atoms with Crippen LogP contribution in [0.15, 0.2) is 23.1 Å². The first-order chi connectivity index (χ1) is 10.4. The lowest BCUT2D eigenvalue weighted by atomic mass is 10.2. The molecular formula is C15H21N3O3S. The minimum atomic E-state index is -3.45. The number of hydrogen-bond acceptors (Lipinski definition) is 4. The highest BCUT2D eigenvalue weighted by molar-refractivity contribution is 7.89. The second-order valence-electron chi connectivity index (χ2n) is 5.85. The van der Waals surface area contributed by atoms with Crippen molar-refractivity contribution < 1.29 is 13.2 Å². The Kier molecular flexibility index (Phi) is 3.96. The zero-order valence-electron chi connectivity index (χ0n) is 12.9. The van der Waals surface area contributed by atoms with E-state index in [1.807, 2.05) is 7.05 Å². The van der Waals surface area contributed by atoms with Gasteiger partial charge in [0.2, 0.25) is 15.9 Å². The molecule has 2 heterocycles. The number of hydrogen-bond donors (Lipinski definition) is 1. The van der Waals surface area contributed by atoms with Crippen LogP contribution in [-0.2, 0) is 21.2 Å². The molecule has 2 aliphatic heterocycles. The SMILES string of the molecule is CNC1CCN(S(=O)(=O)c2ccc3c(c2)CCN3C(C)=O)C1. The van der Waals surface area contributed by atoms with Crippen LogP contribution < -0.4 is 10.2 Å². The maximum Gasteiger partial charge on any atom is 0.243 e. The first-order valence-electron chi connectivity index (χ1n) is 7.52. The topological polar surface area (TPSA) is 69.7 Å². The van der Waals surface area contributed by atoms with Gasteiger partial charge in [-0.25, -0.2) is 8.42 Å². The standard InChI is InChI=1S/C15H21N3O3S/c1-11(19)18-8-5-12-9-14(3-4-15(12)18)22(20,21)17-7-6-13(10-17)16-2/h3-4,9,13,16H,5-8,10H2,1-2H3. The Hall–Kier alpha value is -1.44. The number of benzene rings is 1. The maximum absolute atomic E-state index is 12.7. The fourth-order valence-corrected chi connectivity index (χ4v) is 4.75. The Labute approximate surface area is 131 Å². The van der Waals surface area contributed by atoms with Gasteiger partial charge >= 0.3 is 0 Å². The molecule has 0 aromatic heterocycles. The summed E-state index contributed by atoms with van der Waals surface area (Å²) in [5, 5.41) is 3.13. The molecule has 0 radical (unpaired) electrons. The number of carbonyl (C=O) groups excluding carboxylic acids is 1. The van der Waals surface area contributed by atoms with Crippen molar-refractivity contribution in [3.8, 4) is 0 Å². The Morgan fingerprint density at radius 1 is 1.32 bits per heavy atom. The molecule has 0 aliphatic carbocycles. The molecule has 1 aromatic rings. The van der Waals surface area contributed by atoms with E-state index in [-0.39, 0.29) is 11.9 Å². The van der Waals surface area contributed by atoms with Crippen LogP contribution in [-0.4, -0.2) is 51.4 Å². The van der Waals surface area contributed by atoms with Gasteiger partial charge in [0.15, 0.2) is 0 Å². The van der Waals surface area contributed by atoms with Crippen molar-refractivity contribution in [2.24, 2.45) is 0 Å². The minimum absolute atomic E-state index is 0.00855. The Morgan fingerprint density at radius 3 is 2.73 bits per heavy atom. The van der Waals surface area contributed by atoms with E-state index >= 15 is 0 Å². The number of carbonyl (C=O) groups is 1. The predicted molar refractivity (Wildman–Crippen MR) is 84.4 cm³/mol. The summed E-state index contributed by atoms with van der Waals surface area (Å²) in [6.07, 6.45) is 1.54. The molecule has 0 spiro atoms. The van der Waals surface area contributed by atoms with Crippen LogP contribution >= 0.6 is 0 Å². The second-order valence-corrected chi connectivity index (χ2v) is 7.79. The highest BCUT2D eigenvalue weighted by Crippen LogP contribution is 2.31. The largest absolute Gasteiger partial charge is 0.316 e. The van der Waals surface area contributed by atoms with Crippen molar-refractivity contribution in [1.29, 1.82) is 0 Å². The second kappa shape index (κ2) is 5.64. The third kappa shape index (κ3) is 2.53. The van der Waals surface area contributed by atoms with Crippen molar-refractivity contribution in [2.45, 2.75) is 30.7 Å². The highest BCUT2D eigenvalue weighted by Gasteiger charge is 2.33. The number of fused-ring (bicyclic) bond motifs is 1. The summed E-state index contributed by atoms with van der Waals surface area (Å²) in [5.41, 5.74) is 1.77. The molecule has 1 saturated heterocycles. The monoisotopic (exact) mass is 323 g/mol. The van der Waals surface area contributed by atoms with E-state index in [0.717, 1.165) is 17.7 Å². The van der Waals surface area contributed by atoms with Gasteiger partial charge in [0.1, 0.15) is 0 Å². The summed E-state index contributed by atoms with van der Waals surface area (Å²) >= 11 is 0. The predicted octanol–water partition coefficient (Wildman–Crippen LogP) is 0.578. The average Bonchev–Trinajstić information content (AvgIpc) is 3.13. The molecule has 2 aliphatic rings. The van der Waals surface area contributed by atoms with Gasteiger partial charge in [-0.05, 0) is 43.7 Å². The number of anilines is 1. The first kappa shape index (κ1) is 15.5. The minimum Gasteiger partial charge on any atom is -0.316 e. The van der Waals surface area contributed by atoms with Crippen LogP contribution in [0.3, 0.4) is 0 Å². The van der Waals surface area contributed by atoms with E-state index in [9.17, 15) is 13.2 Å². The molecule has 120 valence electrons. The number of nitrogens with one attached hydrogen (secondary N) is 1. The maximum atomic E-state index is 12.7. The van der Waals surface area contributed by atoms with Crippen LogP contribution in [0.5, 0.6) is 0 Å². The smallest absolute Gasteiger partial charge is 0.243 e. The molecule has 22 heavy (non-hydrogen) atoms. The van der Waals surface area contributed by atoms with E-state index in [1.54, 1.807) is 23.1 Å². The molecule has 0 saturated carbocycles. The van der Waals surface area contributed by atoms with Gasteiger partial charge in [-0.2, -0.15) is 4.31 Å². The van der Waals surface area contributed by atoms with Crippen molar-refractivity contribution >= 4 is 21.6 Å². The molecule has 3 rings (SSSR count). The Balaban J connectivity index is 1.89. The lowest BCUT2D eigenvalue weighted by molar-refractivity contribution is -0.116. The zero-order valence-corrected chi connectivity index (χ0v) is 13.7. The van der Waals surface area contributed by atoms with Gasteiger partial charge in [0.25, 0.3) is 0 Å². The van der Waals surface area contributed by atoms with Crippen LogP contribution in [0.4, 0.5) is 5.69 Å². The highest BCUT2D eigenvalue weighted by atomic mass is 32.2. The van der Waals surface area contributed by atoms with Crippen LogP contribution in [0, 0.1) is 0 Å². The van der Waals surface area contributed by atoms with E-state index in [4.69, 9.17) is 0 Å². The molecule has 1 fully saturated rings. The van der Waals surface area contributed by atoms with E-state index < -0.39 is 10.0 Å². The molecule has 1 unspecified atom stereocenters. The van der Waals surface area contributed by atoms with Gasteiger partial charge < -0.3 is 10.2 Å². The van der Waals surface area contributed by atoms with Crippen molar-refractivity contribution in [1.82, 2.24) is 9.62 Å². The van der Waals surface area contributed by atoms with Crippen LogP contribution in [0.1, 0.15) is 18.9 Å². The first-order valence-corrected chi connectivity index (χ1v) is 8.96. The lowest BCUT2D eigenvalue weighted by Crippen LogP contribution is -2.33. The van der Waals surface area contributed by atoms with Crippen LogP contribution in [0.25, 0.3) is 0 Å². The molecule has 1 atom stereocenters. The molecule has 1 aromatic carbocycles. The summed E-state index contributed by atoms with van der Waals surface area (Å²) in [6.45, 7) is 3.21. The number of sulfonamides is 1. The summed E-state index contributed by atoms with van der Waals surface area (Å²) < 4.78 is 27.0. The van der Waals surface area contributed by atoms with E-state index in [1.165, 1.54) is 11.2 Å². The number of amides is 1. The van der Waals surface area contributed by atoms with Crippen LogP contribution in [0.2, 0.25) is 0 Å². The molecule has 7 heteroatoms. The van der Waals surface area contributed by atoms with Crippen molar-refractivity contribution in [3.63, 3.8) is 0 Å². The van der Waals surface area contributed by atoms with Gasteiger partial charge in [-0.3, -0.25) is 4.79 Å². The fraction of sp³-hybridized carbons (Fsp3) is 0.533. The number of likely N-dealkylation sites (N-methyl/N-ethyl adjacent to an activating group) is 1. The third-order valence-electron chi connectivity index (χ3n) is 4.52. The fourth-order valence-electron chi connectivity index (χ4n) is 3.20. The third-order valence-corrected chi connectivity index (χ3v) is 6.38. The molecule has 1 amide bonds. The van der Waals surface area contributed by atoms with Gasteiger partial charge in [-0.1, -0.05) is 0 Å². The van der Waals surface area contributed by atoms with Crippen molar-refractivity contribution in [3.05, 3.63) is 23.8 Å². The zero-order chi connectivity index (χ0) is 15.9. The average molecular weight is 323 g/mol. The molecule has 6 nitrogen and oxygen atoms in total. The molecule has 1 N–H and O–H groups in total. The Morgan fingerprint density at radius 2 is 2.09 bits per heavy atom. The number of rotatable bonds is 3. The van der Waals surface area contributed by atoms with Gasteiger partial charge in [0, 0.05) is 38.3 Å².